The van der Waals surface area contributed by atoms with Gasteiger partial charge in [-0.15, -0.1) is 0 Å². The van der Waals surface area contributed by atoms with Gasteiger partial charge in [0, 0.05) is 30.0 Å². The zero-order valence-corrected chi connectivity index (χ0v) is 14.2. The number of amides is 1. The van der Waals surface area contributed by atoms with Crippen LogP contribution in [0.4, 0.5) is 0 Å². The summed E-state index contributed by atoms with van der Waals surface area (Å²) in [5.41, 5.74) is 0. The van der Waals surface area contributed by atoms with E-state index in [1.54, 1.807) is 0 Å². The summed E-state index contributed by atoms with van der Waals surface area (Å²) >= 11 is 0. The molecular formula is C15H28N2OS2. The van der Waals surface area contributed by atoms with E-state index in [4.69, 9.17) is 0 Å². The summed E-state index contributed by atoms with van der Waals surface area (Å²) in [4.78, 5) is 14.3. The van der Waals surface area contributed by atoms with E-state index in [0.717, 1.165) is 24.8 Å². The molecular weight excluding hydrogens is 288 g/mol. The van der Waals surface area contributed by atoms with Crippen LogP contribution in [-0.4, -0.2) is 47.5 Å². The second-order valence-corrected chi connectivity index (χ2v) is 8.59. The molecule has 0 radical (unpaired) electrons. The van der Waals surface area contributed by atoms with Gasteiger partial charge in [0.15, 0.2) is 0 Å². The molecule has 1 amide bonds. The monoisotopic (exact) mass is 316 g/mol. The molecule has 116 valence electrons. The summed E-state index contributed by atoms with van der Waals surface area (Å²) < 4.78 is 0. The largest absolute Gasteiger partial charge is 0.355 e. The topological polar surface area (TPSA) is 32.3 Å². The van der Waals surface area contributed by atoms with Gasteiger partial charge in [-0.2, -0.15) is 0 Å². The highest BCUT2D eigenvalue weighted by molar-refractivity contribution is 8.77. The van der Waals surface area contributed by atoms with Crippen LogP contribution in [0.5, 0.6) is 0 Å². The number of carbonyl (C=O) groups excluding carboxylic acids is 1. The first-order chi connectivity index (χ1) is 9.79. The third-order valence-corrected chi connectivity index (χ3v) is 7.35. The van der Waals surface area contributed by atoms with E-state index in [1.165, 1.54) is 44.4 Å². The van der Waals surface area contributed by atoms with Crippen molar-refractivity contribution in [2.24, 2.45) is 0 Å². The van der Waals surface area contributed by atoms with E-state index in [0.29, 0.717) is 12.5 Å². The molecule has 0 unspecified atom stereocenters. The lowest BCUT2D eigenvalue weighted by atomic mass is 10.1. The molecule has 1 N–H and O–H groups in total. The van der Waals surface area contributed by atoms with Crippen LogP contribution >= 0.6 is 21.6 Å². The molecule has 3 nitrogen and oxygen atoms in total. The van der Waals surface area contributed by atoms with Crippen LogP contribution in [0.25, 0.3) is 0 Å². The van der Waals surface area contributed by atoms with Crippen molar-refractivity contribution in [1.29, 1.82) is 0 Å². The van der Waals surface area contributed by atoms with Gasteiger partial charge in [-0.05, 0) is 45.2 Å². The maximum absolute atomic E-state index is 11.9. The Kier molecular flexibility index (Phi) is 7.60. The number of nitrogens with zero attached hydrogens (tertiary/aromatic N) is 1. The number of hydrogen-bond acceptors (Lipinski definition) is 4. The summed E-state index contributed by atoms with van der Waals surface area (Å²) in [6.07, 6.45) is 8.14. The fourth-order valence-electron chi connectivity index (χ4n) is 3.08. The summed E-state index contributed by atoms with van der Waals surface area (Å²) in [6.45, 7) is 5.37. The van der Waals surface area contributed by atoms with Crippen LogP contribution in [0.15, 0.2) is 0 Å². The maximum Gasteiger partial charge on any atom is 0.220 e. The van der Waals surface area contributed by atoms with Gasteiger partial charge in [0.2, 0.25) is 5.91 Å². The molecule has 2 atom stereocenters. The molecule has 2 aliphatic heterocycles. The lowest BCUT2D eigenvalue weighted by Gasteiger charge is -2.22. The highest BCUT2D eigenvalue weighted by Crippen LogP contribution is 2.39. The fraction of sp³-hybridized carbons (Fsp3) is 0.933. The molecule has 2 heterocycles. The van der Waals surface area contributed by atoms with E-state index in [9.17, 15) is 4.79 Å². The van der Waals surface area contributed by atoms with Gasteiger partial charge in [-0.1, -0.05) is 34.9 Å². The molecule has 2 fully saturated rings. The predicted molar refractivity (Wildman–Crippen MR) is 90.2 cm³/mol. The molecule has 2 saturated heterocycles. The first-order valence-corrected chi connectivity index (χ1v) is 10.5. The highest BCUT2D eigenvalue weighted by atomic mass is 33.1. The van der Waals surface area contributed by atoms with Gasteiger partial charge in [-0.3, -0.25) is 9.69 Å². The van der Waals surface area contributed by atoms with Crippen molar-refractivity contribution in [3.05, 3.63) is 0 Å². The van der Waals surface area contributed by atoms with Gasteiger partial charge in [-0.25, -0.2) is 0 Å². The highest BCUT2D eigenvalue weighted by Gasteiger charge is 2.23. The van der Waals surface area contributed by atoms with Gasteiger partial charge in [0.25, 0.3) is 0 Å². The van der Waals surface area contributed by atoms with E-state index in [1.807, 2.05) is 21.6 Å². The molecule has 20 heavy (non-hydrogen) atoms. The number of likely N-dealkylation sites (N-methyl/N-ethyl adjacent to an activating group) is 1. The third kappa shape index (κ3) is 5.49. The summed E-state index contributed by atoms with van der Waals surface area (Å²) in [5, 5.41) is 3.97. The second-order valence-electron chi connectivity index (χ2n) is 5.80. The normalized spacial score (nSPS) is 27.1. The minimum atomic E-state index is 0.251. The number of nitrogens with one attached hydrogen (secondary N) is 1. The van der Waals surface area contributed by atoms with Crippen LogP contribution in [0.3, 0.4) is 0 Å². The van der Waals surface area contributed by atoms with Crippen LogP contribution in [0.1, 0.15) is 51.9 Å². The van der Waals surface area contributed by atoms with Crippen LogP contribution in [0.2, 0.25) is 0 Å². The Morgan fingerprint density at radius 3 is 3.00 bits per heavy atom. The zero-order valence-electron chi connectivity index (χ0n) is 12.6. The van der Waals surface area contributed by atoms with Gasteiger partial charge >= 0.3 is 0 Å². The minimum absolute atomic E-state index is 0.251. The van der Waals surface area contributed by atoms with Crippen LogP contribution < -0.4 is 5.32 Å². The van der Waals surface area contributed by atoms with E-state index in [2.05, 4.69) is 17.1 Å². The average molecular weight is 317 g/mol. The van der Waals surface area contributed by atoms with Crippen molar-refractivity contribution >= 4 is 27.5 Å². The first kappa shape index (κ1) is 16.5. The van der Waals surface area contributed by atoms with Crippen molar-refractivity contribution < 1.29 is 4.79 Å². The molecule has 0 bridgehead atoms. The quantitative estimate of drug-likeness (QED) is 0.550. The Balaban J connectivity index is 1.49. The number of unbranched alkanes of at least 4 members (excludes halogenated alkanes) is 1. The van der Waals surface area contributed by atoms with Gasteiger partial charge in [0.05, 0.1) is 0 Å². The fourth-order valence-corrected chi connectivity index (χ4v) is 6.11. The Morgan fingerprint density at radius 1 is 1.35 bits per heavy atom. The molecule has 0 saturated carbocycles. The van der Waals surface area contributed by atoms with Gasteiger partial charge < -0.3 is 5.32 Å². The number of carbonyl (C=O) groups is 1. The van der Waals surface area contributed by atoms with Crippen molar-refractivity contribution in [3.63, 3.8) is 0 Å². The molecule has 0 aromatic carbocycles. The lowest BCUT2D eigenvalue weighted by Crippen LogP contribution is -2.39. The molecule has 0 spiro atoms. The van der Waals surface area contributed by atoms with Crippen molar-refractivity contribution in [1.82, 2.24) is 10.2 Å². The summed E-state index contributed by atoms with van der Waals surface area (Å²) in [6, 6.07) is 0.580. The van der Waals surface area contributed by atoms with Crippen LogP contribution in [0, 0.1) is 0 Å². The van der Waals surface area contributed by atoms with E-state index < -0.39 is 0 Å². The standard InChI is InChI=1S/C15H28N2OS2/c1-2-17-10-5-6-13(17)12-16-15(18)8-4-3-7-14-9-11-19-20-14/h13-14H,2-12H2,1H3,(H,16,18)/t13-,14-/m1/s1. The molecule has 0 aromatic heterocycles. The molecule has 2 rings (SSSR count). The van der Waals surface area contributed by atoms with Crippen molar-refractivity contribution in [3.8, 4) is 0 Å². The second kappa shape index (κ2) is 9.21. The number of likely N-dealkylation sites (tertiary alicyclic amines) is 1. The summed E-state index contributed by atoms with van der Waals surface area (Å²) in [5.74, 6) is 1.56. The summed E-state index contributed by atoms with van der Waals surface area (Å²) in [7, 11) is 4.05. The average Bonchev–Trinajstić information content (AvgIpc) is 3.12. The Labute approximate surface area is 131 Å². The zero-order chi connectivity index (χ0) is 14.2. The molecule has 5 heteroatoms. The number of hydrogen-bond donors (Lipinski definition) is 1. The molecule has 2 aliphatic rings. The van der Waals surface area contributed by atoms with E-state index >= 15 is 0 Å². The number of rotatable bonds is 8. The maximum atomic E-state index is 11.9. The molecule has 0 aliphatic carbocycles. The lowest BCUT2D eigenvalue weighted by molar-refractivity contribution is -0.121. The van der Waals surface area contributed by atoms with Crippen LogP contribution in [-0.2, 0) is 4.79 Å². The van der Waals surface area contributed by atoms with Gasteiger partial charge in [0.1, 0.15) is 0 Å². The minimum Gasteiger partial charge on any atom is -0.355 e. The Bertz CT molecular complexity index is 296. The smallest absolute Gasteiger partial charge is 0.220 e. The third-order valence-electron chi connectivity index (χ3n) is 4.35. The molecule has 0 aromatic rings. The first-order valence-electron chi connectivity index (χ1n) is 8.08. The van der Waals surface area contributed by atoms with Crippen molar-refractivity contribution in [2.45, 2.75) is 63.2 Å². The predicted octanol–water partition coefficient (Wildman–Crippen LogP) is 3.30. The van der Waals surface area contributed by atoms with Crippen molar-refractivity contribution in [2.75, 3.05) is 25.4 Å². The van der Waals surface area contributed by atoms with E-state index in [-0.39, 0.29) is 5.91 Å². The Morgan fingerprint density at radius 2 is 2.25 bits per heavy atom. The Hall–Kier alpha value is 0.130. The SMILES string of the molecule is CCN1CCC[C@@H]1CNC(=O)CCCC[C@@H]1CCSS1.